The van der Waals surface area contributed by atoms with Gasteiger partial charge in [-0.2, -0.15) is 0 Å². The number of hydrogen-bond donors (Lipinski definition) is 1. The third kappa shape index (κ3) is 2.62. The van der Waals surface area contributed by atoms with Crippen molar-refractivity contribution in [3.05, 3.63) is 42.0 Å². The first-order valence-corrected chi connectivity index (χ1v) is 4.60. The Morgan fingerprint density at radius 1 is 1.46 bits per heavy atom. The Balaban J connectivity index is 2.82. The topological polar surface area (TPSA) is 26.0 Å². The molecule has 0 heterocycles. The van der Waals surface area contributed by atoms with E-state index in [0.29, 0.717) is 5.92 Å². The second kappa shape index (κ2) is 4.13. The highest BCUT2D eigenvalue weighted by Gasteiger charge is 2.07. The molecule has 0 saturated heterocycles. The maximum Gasteiger partial charge on any atom is 0.0349 e. The van der Waals surface area contributed by atoms with Crippen molar-refractivity contribution < 1.29 is 0 Å². The van der Waals surface area contributed by atoms with E-state index in [1.165, 1.54) is 11.1 Å². The minimum Gasteiger partial charge on any atom is -0.398 e. The van der Waals surface area contributed by atoms with E-state index in [4.69, 9.17) is 5.73 Å². The van der Waals surface area contributed by atoms with Crippen molar-refractivity contribution in [2.75, 3.05) is 5.73 Å². The molecule has 0 spiro atoms. The Bertz CT molecular complexity index is 302. The van der Waals surface area contributed by atoms with Crippen molar-refractivity contribution in [3.8, 4) is 0 Å². The average molecular weight is 175 g/mol. The predicted octanol–water partition coefficient (Wildman–Crippen LogP) is 3.34. The number of nitrogen functional groups attached to an aromatic ring is 1. The second-order valence-corrected chi connectivity index (χ2v) is 3.69. The highest BCUT2D eigenvalue weighted by atomic mass is 14.6. The standard InChI is InChI=1S/C12H17N/c1-9(2)8-10(3)11-6-4-5-7-12(11)13/h4-7,10H,1,8,13H2,2-3H3. The van der Waals surface area contributed by atoms with Gasteiger partial charge in [-0.3, -0.25) is 0 Å². The second-order valence-electron chi connectivity index (χ2n) is 3.69. The molecule has 70 valence electrons. The van der Waals surface area contributed by atoms with Crippen molar-refractivity contribution in [2.24, 2.45) is 0 Å². The molecule has 1 aromatic carbocycles. The van der Waals surface area contributed by atoms with Gasteiger partial charge < -0.3 is 5.73 Å². The number of benzene rings is 1. The molecule has 0 fully saturated rings. The summed E-state index contributed by atoms with van der Waals surface area (Å²) in [6.07, 6.45) is 1.01. The summed E-state index contributed by atoms with van der Waals surface area (Å²) in [5.41, 5.74) is 9.18. The van der Waals surface area contributed by atoms with Crippen LogP contribution in [0.25, 0.3) is 0 Å². The van der Waals surface area contributed by atoms with Gasteiger partial charge in [0.25, 0.3) is 0 Å². The van der Waals surface area contributed by atoms with Gasteiger partial charge in [-0.25, -0.2) is 0 Å². The number of nitrogens with two attached hydrogens (primary N) is 1. The zero-order chi connectivity index (χ0) is 9.84. The van der Waals surface area contributed by atoms with E-state index in [2.05, 4.69) is 26.5 Å². The zero-order valence-corrected chi connectivity index (χ0v) is 8.38. The summed E-state index contributed by atoms with van der Waals surface area (Å²) in [5.74, 6) is 0.471. The molecule has 0 saturated carbocycles. The fourth-order valence-corrected chi connectivity index (χ4v) is 1.59. The molecule has 0 aliphatic heterocycles. The molecule has 13 heavy (non-hydrogen) atoms. The van der Waals surface area contributed by atoms with Crippen molar-refractivity contribution in [1.29, 1.82) is 0 Å². The van der Waals surface area contributed by atoms with Crippen LogP contribution >= 0.6 is 0 Å². The molecule has 0 aliphatic carbocycles. The molecular formula is C12H17N. The van der Waals surface area contributed by atoms with E-state index >= 15 is 0 Å². The summed E-state index contributed by atoms with van der Waals surface area (Å²) >= 11 is 0. The molecule has 0 aliphatic rings. The largest absolute Gasteiger partial charge is 0.398 e. The van der Waals surface area contributed by atoms with Gasteiger partial charge in [-0.15, -0.1) is 6.58 Å². The number of anilines is 1. The Hall–Kier alpha value is -1.24. The summed E-state index contributed by atoms with van der Waals surface area (Å²) < 4.78 is 0. The molecule has 0 radical (unpaired) electrons. The van der Waals surface area contributed by atoms with Crippen LogP contribution in [0, 0.1) is 0 Å². The van der Waals surface area contributed by atoms with Crippen LogP contribution in [0.1, 0.15) is 31.7 Å². The smallest absolute Gasteiger partial charge is 0.0349 e. The fraction of sp³-hybridized carbons (Fsp3) is 0.333. The molecule has 0 bridgehead atoms. The van der Waals surface area contributed by atoms with E-state index in [0.717, 1.165) is 12.1 Å². The summed E-state index contributed by atoms with van der Waals surface area (Å²) in [4.78, 5) is 0. The van der Waals surface area contributed by atoms with E-state index in [9.17, 15) is 0 Å². The first-order chi connectivity index (χ1) is 6.11. The third-order valence-electron chi connectivity index (χ3n) is 2.18. The van der Waals surface area contributed by atoms with Gasteiger partial charge in [0.2, 0.25) is 0 Å². The molecule has 0 aromatic heterocycles. The highest BCUT2D eigenvalue weighted by Crippen LogP contribution is 2.26. The maximum absolute atomic E-state index is 5.87. The average Bonchev–Trinajstić information content (AvgIpc) is 2.03. The first-order valence-electron chi connectivity index (χ1n) is 4.60. The first kappa shape index (κ1) is 9.85. The summed E-state index contributed by atoms with van der Waals surface area (Å²) in [6, 6.07) is 8.03. The lowest BCUT2D eigenvalue weighted by molar-refractivity contribution is 0.756. The van der Waals surface area contributed by atoms with E-state index in [1.54, 1.807) is 0 Å². The molecule has 2 N–H and O–H groups in total. The number of para-hydroxylation sites is 1. The van der Waals surface area contributed by atoms with Crippen LogP contribution in [0.15, 0.2) is 36.4 Å². The molecule has 1 heteroatoms. The lowest BCUT2D eigenvalue weighted by Gasteiger charge is -2.13. The van der Waals surface area contributed by atoms with Gasteiger partial charge >= 0.3 is 0 Å². The lowest BCUT2D eigenvalue weighted by Crippen LogP contribution is -1.99. The maximum atomic E-state index is 5.87. The van der Waals surface area contributed by atoms with Gasteiger partial charge in [-0.05, 0) is 30.9 Å². The Kier molecular flexibility index (Phi) is 3.13. The number of hydrogen-bond acceptors (Lipinski definition) is 1. The van der Waals surface area contributed by atoms with Crippen LogP contribution in [0.5, 0.6) is 0 Å². The third-order valence-corrected chi connectivity index (χ3v) is 2.18. The van der Waals surface area contributed by atoms with E-state index < -0.39 is 0 Å². The quantitative estimate of drug-likeness (QED) is 0.553. The van der Waals surface area contributed by atoms with Crippen molar-refractivity contribution in [1.82, 2.24) is 0 Å². The lowest BCUT2D eigenvalue weighted by atomic mass is 9.93. The molecule has 1 unspecified atom stereocenters. The normalized spacial score (nSPS) is 12.5. The molecule has 1 atom stereocenters. The SMILES string of the molecule is C=C(C)CC(C)c1ccccc1N. The van der Waals surface area contributed by atoms with Gasteiger partial charge in [-0.1, -0.05) is 30.7 Å². The van der Waals surface area contributed by atoms with Gasteiger partial charge in [0.1, 0.15) is 0 Å². The van der Waals surface area contributed by atoms with Crippen molar-refractivity contribution in [3.63, 3.8) is 0 Å². The predicted molar refractivity (Wildman–Crippen MR) is 58.7 cm³/mol. The zero-order valence-electron chi connectivity index (χ0n) is 8.38. The Morgan fingerprint density at radius 3 is 2.62 bits per heavy atom. The Labute approximate surface area is 80.3 Å². The van der Waals surface area contributed by atoms with Crippen molar-refractivity contribution in [2.45, 2.75) is 26.2 Å². The van der Waals surface area contributed by atoms with Gasteiger partial charge in [0, 0.05) is 5.69 Å². The van der Waals surface area contributed by atoms with E-state index in [1.807, 2.05) is 18.2 Å². The number of allylic oxidation sites excluding steroid dienone is 1. The molecule has 0 amide bonds. The number of rotatable bonds is 3. The minimum absolute atomic E-state index is 0.471. The van der Waals surface area contributed by atoms with Gasteiger partial charge in [0.15, 0.2) is 0 Å². The van der Waals surface area contributed by atoms with Gasteiger partial charge in [0.05, 0.1) is 0 Å². The molecular weight excluding hydrogens is 158 g/mol. The molecule has 1 nitrogen and oxygen atoms in total. The van der Waals surface area contributed by atoms with Crippen LogP contribution in [0.4, 0.5) is 5.69 Å². The van der Waals surface area contributed by atoms with Crippen LogP contribution in [-0.2, 0) is 0 Å². The minimum atomic E-state index is 0.471. The van der Waals surface area contributed by atoms with Crippen LogP contribution in [0.2, 0.25) is 0 Å². The van der Waals surface area contributed by atoms with Crippen LogP contribution in [-0.4, -0.2) is 0 Å². The fourth-order valence-electron chi connectivity index (χ4n) is 1.59. The summed E-state index contributed by atoms with van der Waals surface area (Å²) in [6.45, 7) is 8.14. The van der Waals surface area contributed by atoms with Crippen molar-refractivity contribution >= 4 is 5.69 Å². The summed E-state index contributed by atoms with van der Waals surface area (Å²) in [5, 5.41) is 0. The van der Waals surface area contributed by atoms with Crippen LogP contribution in [0.3, 0.4) is 0 Å². The summed E-state index contributed by atoms with van der Waals surface area (Å²) in [7, 11) is 0. The monoisotopic (exact) mass is 175 g/mol. The highest BCUT2D eigenvalue weighted by molar-refractivity contribution is 5.48. The Morgan fingerprint density at radius 2 is 2.08 bits per heavy atom. The molecule has 1 aromatic rings. The molecule has 1 rings (SSSR count). The van der Waals surface area contributed by atoms with E-state index in [-0.39, 0.29) is 0 Å². The van der Waals surface area contributed by atoms with Crippen LogP contribution < -0.4 is 5.73 Å².